The van der Waals surface area contributed by atoms with Crippen molar-refractivity contribution in [1.29, 1.82) is 0 Å². The van der Waals surface area contributed by atoms with E-state index in [1.54, 1.807) is 11.3 Å². The Morgan fingerprint density at radius 1 is 1.14 bits per heavy atom. The van der Waals surface area contributed by atoms with Gasteiger partial charge in [-0.2, -0.15) is 0 Å². The van der Waals surface area contributed by atoms with Crippen molar-refractivity contribution in [2.24, 2.45) is 0 Å². The van der Waals surface area contributed by atoms with Crippen LogP contribution in [0.5, 0.6) is 0 Å². The molecule has 1 saturated heterocycles. The van der Waals surface area contributed by atoms with Crippen LogP contribution in [-0.4, -0.2) is 34.1 Å². The first-order valence-corrected chi connectivity index (χ1v) is 9.98. The molecular formula is C21H20N2O4S. The van der Waals surface area contributed by atoms with Gasteiger partial charge in [0.25, 0.3) is 0 Å². The lowest BCUT2D eigenvalue weighted by Crippen LogP contribution is -2.40. The van der Waals surface area contributed by atoms with Crippen molar-refractivity contribution < 1.29 is 19.4 Å². The number of hydrogen-bond acceptors (Lipinski definition) is 5. The molecule has 28 heavy (non-hydrogen) atoms. The first kappa shape index (κ1) is 18.6. The Morgan fingerprint density at radius 2 is 1.89 bits per heavy atom. The van der Waals surface area contributed by atoms with Crippen LogP contribution < -0.4 is 5.32 Å². The molecule has 3 unspecified atom stereocenters. The number of carboxylic acid groups (broad SMARTS) is 1. The van der Waals surface area contributed by atoms with Gasteiger partial charge in [-0.15, -0.1) is 11.3 Å². The molecular weight excluding hydrogens is 376 g/mol. The number of nitrogens with one attached hydrogen (secondary N) is 1. The van der Waals surface area contributed by atoms with Crippen LogP contribution >= 0.6 is 11.3 Å². The minimum absolute atomic E-state index is 0.0251. The fourth-order valence-electron chi connectivity index (χ4n) is 3.28. The summed E-state index contributed by atoms with van der Waals surface area (Å²) in [6.07, 6.45) is 0.0981. The third-order valence-electron chi connectivity index (χ3n) is 4.70. The molecule has 0 aliphatic carbocycles. The molecule has 7 heteroatoms. The fourth-order valence-corrected chi connectivity index (χ4v) is 4.32. The number of hydrogen-bond donors (Lipinski definition) is 2. The average Bonchev–Trinajstić information content (AvgIpc) is 3.36. The first-order chi connectivity index (χ1) is 13.6. The highest BCUT2D eigenvalue weighted by molar-refractivity contribution is 7.18. The summed E-state index contributed by atoms with van der Waals surface area (Å²) in [6.45, 7) is 0. The average molecular weight is 396 g/mol. The number of fused-ring (bicyclic) bond motifs is 1. The van der Waals surface area contributed by atoms with Gasteiger partial charge in [0, 0.05) is 6.42 Å². The molecule has 0 saturated carbocycles. The number of amides is 1. The second kappa shape index (κ2) is 8.08. The lowest BCUT2D eigenvalue weighted by molar-refractivity contribution is -0.137. The molecule has 4 rings (SSSR count). The summed E-state index contributed by atoms with van der Waals surface area (Å²) in [5.74, 6) is -1.03. The molecule has 6 nitrogen and oxygen atoms in total. The molecule has 1 aliphatic heterocycles. The zero-order chi connectivity index (χ0) is 19.5. The normalized spacial score (nSPS) is 19.3. The van der Waals surface area contributed by atoms with E-state index in [1.807, 2.05) is 54.6 Å². The third kappa shape index (κ3) is 4.37. The van der Waals surface area contributed by atoms with Gasteiger partial charge in [0.05, 0.1) is 22.7 Å². The van der Waals surface area contributed by atoms with Crippen LogP contribution in [0, 0.1) is 0 Å². The molecule has 2 aromatic carbocycles. The van der Waals surface area contributed by atoms with Gasteiger partial charge in [0.2, 0.25) is 5.91 Å². The number of carboxylic acids is 1. The topological polar surface area (TPSA) is 91.8 Å². The molecule has 1 fully saturated rings. The van der Waals surface area contributed by atoms with Crippen LogP contribution in [0.3, 0.4) is 0 Å². The molecule has 2 N–H and O–H groups in total. The third-order valence-corrected chi connectivity index (χ3v) is 5.80. The summed E-state index contributed by atoms with van der Waals surface area (Å²) in [7, 11) is 0. The van der Waals surface area contributed by atoms with Gasteiger partial charge in [0.1, 0.15) is 17.2 Å². The van der Waals surface area contributed by atoms with E-state index in [0.29, 0.717) is 6.42 Å². The monoisotopic (exact) mass is 396 g/mol. The Kier molecular flexibility index (Phi) is 5.36. The molecule has 144 valence electrons. The predicted molar refractivity (Wildman–Crippen MR) is 106 cm³/mol. The lowest BCUT2D eigenvalue weighted by Gasteiger charge is -2.16. The predicted octanol–water partition coefficient (Wildman–Crippen LogP) is 3.33. The number of epoxide rings is 1. The highest BCUT2D eigenvalue weighted by Gasteiger charge is 2.48. The molecule has 2 heterocycles. The number of nitrogens with zero attached hydrogens (tertiary/aromatic N) is 1. The Morgan fingerprint density at radius 3 is 2.64 bits per heavy atom. The van der Waals surface area contributed by atoms with Gasteiger partial charge in [-0.25, -0.2) is 4.98 Å². The van der Waals surface area contributed by atoms with E-state index in [-0.39, 0.29) is 37.0 Å². The van der Waals surface area contributed by atoms with Gasteiger partial charge in [0.15, 0.2) is 0 Å². The number of aromatic nitrogens is 1. The highest BCUT2D eigenvalue weighted by Crippen LogP contribution is 2.44. The van der Waals surface area contributed by atoms with Crippen molar-refractivity contribution in [2.45, 2.75) is 37.5 Å². The maximum Gasteiger partial charge on any atom is 0.303 e. The van der Waals surface area contributed by atoms with Gasteiger partial charge in [-0.3, -0.25) is 9.59 Å². The lowest BCUT2D eigenvalue weighted by atomic mass is 10.0. The molecule has 3 atom stereocenters. The van der Waals surface area contributed by atoms with E-state index in [0.717, 1.165) is 20.8 Å². The van der Waals surface area contributed by atoms with Crippen LogP contribution in [0.4, 0.5) is 0 Å². The van der Waals surface area contributed by atoms with Crippen molar-refractivity contribution in [1.82, 2.24) is 10.3 Å². The van der Waals surface area contributed by atoms with E-state index in [2.05, 4.69) is 10.3 Å². The molecule has 1 aliphatic rings. The molecule has 3 aromatic rings. The van der Waals surface area contributed by atoms with Crippen LogP contribution in [-0.2, 0) is 20.7 Å². The zero-order valence-electron chi connectivity index (χ0n) is 15.1. The first-order valence-electron chi connectivity index (χ1n) is 9.16. The van der Waals surface area contributed by atoms with E-state index < -0.39 is 5.97 Å². The van der Waals surface area contributed by atoms with Crippen LogP contribution in [0.1, 0.15) is 29.5 Å². The number of benzene rings is 2. The second-order valence-corrected chi connectivity index (χ2v) is 7.87. The maximum absolute atomic E-state index is 12.5. The highest BCUT2D eigenvalue weighted by atomic mass is 32.1. The van der Waals surface area contributed by atoms with Crippen LogP contribution in [0.15, 0.2) is 54.6 Å². The number of para-hydroxylation sites is 1. The van der Waals surface area contributed by atoms with E-state index in [9.17, 15) is 9.59 Å². The van der Waals surface area contributed by atoms with Crippen LogP contribution in [0.25, 0.3) is 10.2 Å². The fraction of sp³-hybridized carbons (Fsp3) is 0.286. The Hall–Kier alpha value is -2.77. The molecule has 0 spiro atoms. The van der Waals surface area contributed by atoms with Crippen molar-refractivity contribution in [3.05, 3.63) is 65.2 Å². The number of ether oxygens (including phenoxy) is 1. The summed E-state index contributed by atoms with van der Waals surface area (Å²) in [5.41, 5.74) is 1.84. The maximum atomic E-state index is 12.5. The number of rotatable bonds is 8. The molecule has 0 bridgehead atoms. The second-order valence-electron chi connectivity index (χ2n) is 6.81. The van der Waals surface area contributed by atoms with E-state index >= 15 is 0 Å². The number of carbonyl (C=O) groups is 2. The van der Waals surface area contributed by atoms with Gasteiger partial charge < -0.3 is 15.2 Å². The summed E-state index contributed by atoms with van der Waals surface area (Å²) in [6, 6.07) is 17.0. The van der Waals surface area contributed by atoms with Crippen molar-refractivity contribution in [3.63, 3.8) is 0 Å². The Balaban J connectivity index is 1.44. The van der Waals surface area contributed by atoms with Crippen LogP contribution in [0.2, 0.25) is 0 Å². The Bertz CT molecular complexity index is 955. The number of aliphatic carboxylic acids is 1. The molecule has 1 aromatic heterocycles. The molecule has 0 radical (unpaired) electrons. The summed E-state index contributed by atoms with van der Waals surface area (Å²) in [4.78, 5) is 28.1. The SMILES string of the molecule is O=C(O)CCC(NC(=O)Cc1ccccc1)C1OC1c1nc2ccccc2s1. The Labute approximate surface area is 166 Å². The zero-order valence-corrected chi connectivity index (χ0v) is 15.9. The van der Waals surface area contributed by atoms with Crippen molar-refractivity contribution in [2.75, 3.05) is 0 Å². The van der Waals surface area contributed by atoms with Gasteiger partial charge >= 0.3 is 5.97 Å². The van der Waals surface area contributed by atoms with Gasteiger partial charge in [-0.05, 0) is 24.1 Å². The standard InChI is InChI=1S/C21H20N2O4S/c24-17(12-13-6-2-1-3-7-13)22-15(10-11-18(25)26)19-20(27-19)21-23-14-8-4-5-9-16(14)28-21/h1-9,15,19-20H,10-12H2,(H,22,24)(H,25,26). The quantitative estimate of drug-likeness (QED) is 0.570. The largest absolute Gasteiger partial charge is 0.481 e. The summed E-state index contributed by atoms with van der Waals surface area (Å²) < 4.78 is 6.90. The van der Waals surface area contributed by atoms with Crippen molar-refractivity contribution >= 4 is 33.4 Å². The number of thiazole rings is 1. The van der Waals surface area contributed by atoms with Gasteiger partial charge in [-0.1, -0.05) is 42.5 Å². The van der Waals surface area contributed by atoms with E-state index in [1.165, 1.54) is 0 Å². The minimum Gasteiger partial charge on any atom is -0.481 e. The summed E-state index contributed by atoms with van der Waals surface area (Å²) >= 11 is 1.57. The number of carbonyl (C=O) groups excluding carboxylic acids is 1. The van der Waals surface area contributed by atoms with E-state index in [4.69, 9.17) is 9.84 Å². The summed E-state index contributed by atoms with van der Waals surface area (Å²) in [5, 5.41) is 12.9. The van der Waals surface area contributed by atoms with Crippen molar-refractivity contribution in [3.8, 4) is 0 Å². The smallest absolute Gasteiger partial charge is 0.303 e. The minimum atomic E-state index is -0.889. The molecule has 1 amide bonds.